The summed E-state index contributed by atoms with van der Waals surface area (Å²) in [5.74, 6) is -0.549. The number of carbonyl (C=O) groups is 1. The molecular weight excluding hydrogens is 152 g/mol. The molecule has 12 heavy (non-hydrogen) atoms. The van der Waals surface area contributed by atoms with E-state index < -0.39 is 5.97 Å². The highest BCUT2D eigenvalue weighted by molar-refractivity contribution is 5.70. The fourth-order valence-electron chi connectivity index (χ4n) is 0.855. The molecule has 1 N–H and O–H groups in total. The van der Waals surface area contributed by atoms with Gasteiger partial charge in [0, 0.05) is 0 Å². The van der Waals surface area contributed by atoms with E-state index in [0.29, 0.717) is 0 Å². The van der Waals surface area contributed by atoms with Crippen molar-refractivity contribution in [1.29, 1.82) is 1.43 Å². The van der Waals surface area contributed by atoms with E-state index in [0.717, 1.165) is 5.56 Å². The molecule has 0 fully saturated rings. The zero-order valence-electron chi connectivity index (χ0n) is 7.57. The normalized spacial score (nSPS) is 11.2. The van der Waals surface area contributed by atoms with E-state index in [-0.39, 0.29) is 6.42 Å². The van der Waals surface area contributed by atoms with Crippen LogP contribution in [0.4, 0.5) is 0 Å². The Morgan fingerprint density at radius 3 is 2.92 bits per heavy atom. The van der Waals surface area contributed by atoms with E-state index in [1.54, 1.807) is 6.08 Å². The quantitative estimate of drug-likeness (QED) is 0.741. The van der Waals surface area contributed by atoms with Crippen LogP contribution in [0, 0.1) is 0 Å². The summed E-state index contributed by atoms with van der Waals surface area (Å²) in [7, 11) is 0. The Kier molecular flexibility index (Phi) is 2.57. The molecule has 0 aliphatic rings. The van der Waals surface area contributed by atoms with Gasteiger partial charge in [-0.15, -0.1) is 0 Å². The monoisotopic (exact) mass is 163 g/mol. The van der Waals surface area contributed by atoms with Gasteiger partial charge < -0.3 is 5.11 Å². The molecule has 0 aliphatic carbocycles. The first-order chi connectivity index (χ1) is 6.33. The topological polar surface area (TPSA) is 37.3 Å². The molecule has 2 heteroatoms. The summed E-state index contributed by atoms with van der Waals surface area (Å²) in [4.78, 5) is 10.5. The van der Waals surface area contributed by atoms with Gasteiger partial charge in [0.2, 0.25) is 0 Å². The third-order valence-electron chi connectivity index (χ3n) is 1.39. The molecule has 0 saturated carbocycles. The summed E-state index contributed by atoms with van der Waals surface area (Å²) < 4.78 is 6.31. The Bertz CT molecular complexity index is 293. The van der Waals surface area contributed by atoms with Crippen LogP contribution in [0.15, 0.2) is 36.4 Å². The summed E-state index contributed by atoms with van der Waals surface area (Å²) in [5, 5.41) is 3.75. The highest BCUT2D eigenvalue weighted by Gasteiger charge is 1.88. The molecule has 1 rings (SSSR count). The molecule has 1 aromatic rings. The first-order valence-electron chi connectivity index (χ1n) is 4.11. The van der Waals surface area contributed by atoms with E-state index in [4.69, 9.17) is 1.43 Å². The first-order valence-corrected chi connectivity index (χ1v) is 3.70. The number of hydrogen-bond donors (Lipinski definition) is 1. The number of benzene rings is 1. The van der Waals surface area contributed by atoms with Gasteiger partial charge >= 0.3 is 5.97 Å². The predicted molar refractivity (Wildman–Crippen MR) is 47.7 cm³/mol. The van der Waals surface area contributed by atoms with E-state index >= 15 is 0 Å². The maximum Gasteiger partial charge on any atom is 0.307 e. The minimum absolute atomic E-state index is 0.137. The zero-order valence-corrected chi connectivity index (χ0v) is 6.57. The summed E-state index contributed by atoms with van der Waals surface area (Å²) >= 11 is 0. The van der Waals surface area contributed by atoms with Crippen LogP contribution in [0.1, 0.15) is 12.0 Å². The van der Waals surface area contributed by atoms with Gasteiger partial charge in [0.1, 0.15) is 0 Å². The lowest BCUT2D eigenvalue weighted by molar-refractivity contribution is -0.135. The second kappa shape index (κ2) is 4.34. The van der Waals surface area contributed by atoms with Gasteiger partial charge in [-0.05, 0) is 5.56 Å². The maximum atomic E-state index is 10.5. The van der Waals surface area contributed by atoms with Crippen LogP contribution in [-0.4, -0.2) is 11.1 Å². The summed E-state index contributed by atoms with van der Waals surface area (Å²) in [6.07, 6.45) is 3.63. The zero-order chi connectivity index (χ0) is 9.52. The average molecular weight is 163 g/mol. The van der Waals surface area contributed by atoms with Crippen LogP contribution in [0.25, 0.3) is 7.51 Å². The molecule has 0 bridgehead atoms. The van der Waals surface area contributed by atoms with Crippen molar-refractivity contribution in [2.24, 2.45) is 0 Å². The van der Waals surface area contributed by atoms with Gasteiger partial charge in [-0.1, -0.05) is 42.5 Å². The molecule has 0 unspecified atom stereocenters. The van der Waals surface area contributed by atoms with Crippen molar-refractivity contribution in [3.63, 3.8) is 0 Å². The van der Waals surface area contributed by atoms with E-state index in [1.165, 1.54) is 0 Å². The van der Waals surface area contributed by atoms with E-state index in [2.05, 4.69) is 5.11 Å². The van der Waals surface area contributed by atoms with Gasteiger partial charge in [0.05, 0.1) is 6.42 Å². The Morgan fingerprint density at radius 1 is 1.50 bits per heavy atom. The maximum absolute atomic E-state index is 10.5. The smallest absolute Gasteiger partial charge is 0.307 e. The average Bonchev–Trinajstić information content (AvgIpc) is 2.19. The fraction of sp³-hybridized carbons (Fsp3) is 0.100. The van der Waals surface area contributed by atoms with Gasteiger partial charge in [0.15, 0.2) is 0 Å². The molecular formula is C10H10O2. The minimum Gasteiger partial charge on any atom is -0.481 e. The number of carboxylic acid groups (broad SMARTS) is 1. The SMILES string of the molecule is [2H]OC(=O)C/C=C/c1ccccc1. The highest BCUT2D eigenvalue weighted by atomic mass is 16.4. The molecule has 0 aromatic heterocycles. The van der Waals surface area contributed by atoms with Crippen molar-refractivity contribution in [2.75, 3.05) is 0 Å². The number of carboxylic acids is 1. The van der Waals surface area contributed by atoms with E-state index in [9.17, 15) is 4.79 Å². The molecule has 0 saturated heterocycles. The number of rotatable bonds is 3. The lowest BCUT2D eigenvalue weighted by atomic mass is 10.2. The van der Waals surface area contributed by atoms with Gasteiger partial charge in [-0.25, -0.2) is 0 Å². The summed E-state index contributed by atoms with van der Waals surface area (Å²) in [6.45, 7) is 0. The number of aliphatic carboxylic acids is 1. The predicted octanol–water partition coefficient (Wildman–Crippen LogP) is 2.17. The van der Waals surface area contributed by atoms with Crippen LogP contribution in [0.2, 0.25) is 0 Å². The third-order valence-corrected chi connectivity index (χ3v) is 1.39. The van der Waals surface area contributed by atoms with Gasteiger partial charge in [-0.2, -0.15) is 0 Å². The molecule has 1 aromatic carbocycles. The lowest BCUT2D eigenvalue weighted by Crippen LogP contribution is -1.89. The molecule has 0 spiro atoms. The molecule has 62 valence electrons. The van der Waals surface area contributed by atoms with Crippen molar-refractivity contribution < 1.29 is 9.90 Å². The Hall–Kier alpha value is -1.57. The van der Waals surface area contributed by atoms with Crippen molar-refractivity contribution in [2.45, 2.75) is 6.42 Å². The van der Waals surface area contributed by atoms with Crippen molar-refractivity contribution in [1.82, 2.24) is 0 Å². The van der Waals surface area contributed by atoms with Crippen molar-refractivity contribution >= 4 is 12.0 Å². The molecule has 0 heterocycles. The molecule has 0 radical (unpaired) electrons. The molecule has 0 atom stereocenters. The largest absolute Gasteiger partial charge is 0.481 e. The van der Waals surface area contributed by atoms with E-state index in [1.807, 2.05) is 36.4 Å². The van der Waals surface area contributed by atoms with Crippen molar-refractivity contribution in [3.8, 4) is 0 Å². The van der Waals surface area contributed by atoms with Gasteiger partial charge in [0.25, 0.3) is 1.43 Å². The van der Waals surface area contributed by atoms with Crippen LogP contribution >= 0.6 is 0 Å². The summed E-state index contributed by atoms with van der Waals surface area (Å²) in [5.41, 5.74) is 1.03. The second-order valence-electron chi connectivity index (χ2n) is 2.39. The third kappa shape index (κ3) is 3.01. The second-order valence-corrected chi connectivity index (χ2v) is 2.39. The van der Waals surface area contributed by atoms with Crippen LogP contribution < -0.4 is 0 Å². The Labute approximate surface area is 72.6 Å². The molecule has 0 aliphatic heterocycles. The fourth-order valence-corrected chi connectivity index (χ4v) is 0.855. The Balaban J connectivity index is 2.45. The highest BCUT2D eigenvalue weighted by Crippen LogP contribution is 2.01. The van der Waals surface area contributed by atoms with Gasteiger partial charge in [-0.3, -0.25) is 4.79 Å². The standard InChI is InChI=1S/C10H10O2/c11-10(12)8-4-7-9-5-2-1-3-6-9/h1-7H,8H2,(H,11,12)/b7-4+/i/hD. The number of hydrogen-bond acceptors (Lipinski definition) is 2. The molecule has 0 amide bonds. The van der Waals surface area contributed by atoms with Crippen LogP contribution in [0.3, 0.4) is 0 Å². The summed E-state index contributed by atoms with van der Waals surface area (Å²) in [6, 6.07) is 9.63. The Morgan fingerprint density at radius 2 is 2.25 bits per heavy atom. The van der Waals surface area contributed by atoms with Crippen molar-refractivity contribution in [3.05, 3.63) is 42.0 Å². The minimum atomic E-state index is -0.549. The molecule has 2 nitrogen and oxygen atoms in total. The van der Waals surface area contributed by atoms with Crippen LogP contribution in [0.5, 0.6) is 0 Å². The van der Waals surface area contributed by atoms with Crippen LogP contribution in [-0.2, 0) is 4.79 Å². The lowest BCUT2D eigenvalue weighted by Gasteiger charge is -1.89. The first kappa shape index (κ1) is 7.10.